The number of piperidine rings is 1. The topological polar surface area (TPSA) is 89.8 Å². The van der Waals surface area contributed by atoms with Crippen molar-refractivity contribution in [3.8, 4) is 0 Å². The minimum absolute atomic E-state index is 0.260. The van der Waals surface area contributed by atoms with Gasteiger partial charge in [0, 0.05) is 38.9 Å². The van der Waals surface area contributed by atoms with Crippen molar-refractivity contribution in [3.63, 3.8) is 0 Å². The second kappa shape index (κ2) is 6.20. The Morgan fingerprint density at radius 3 is 2.71 bits per heavy atom. The highest BCUT2D eigenvalue weighted by Crippen LogP contribution is 2.45. The molecule has 2 aliphatic rings. The van der Waals surface area contributed by atoms with E-state index in [9.17, 15) is 15.0 Å². The van der Waals surface area contributed by atoms with E-state index in [0.717, 1.165) is 24.2 Å². The Hall–Kier alpha value is -1.89. The normalized spacial score (nSPS) is 27.2. The third kappa shape index (κ3) is 3.05. The Kier molecular flexibility index (Phi) is 4.38. The standard InChI is InChI=1S/C17H26N4O3/c1-11-9-18-16(19-14(11)20(2)3)21-7-6-13(22)17(10-21,15(23)24)8-12-4-5-12/h9,12-13,22H,4-8,10H2,1-3H3,(H,23,24)/t13-,17+/m1/s1. The molecule has 2 N–H and O–H groups in total. The zero-order valence-corrected chi connectivity index (χ0v) is 14.6. The zero-order chi connectivity index (χ0) is 17.5. The summed E-state index contributed by atoms with van der Waals surface area (Å²) >= 11 is 0. The number of aliphatic hydroxyl groups excluding tert-OH is 1. The maximum Gasteiger partial charge on any atom is 0.314 e. The van der Waals surface area contributed by atoms with Gasteiger partial charge in [0.2, 0.25) is 5.95 Å². The van der Waals surface area contributed by atoms with Crippen molar-refractivity contribution in [2.45, 2.75) is 38.7 Å². The molecule has 0 spiro atoms. The van der Waals surface area contributed by atoms with E-state index in [0.29, 0.717) is 31.3 Å². The summed E-state index contributed by atoms with van der Waals surface area (Å²) in [6.45, 7) is 2.78. The number of carbonyl (C=O) groups is 1. The lowest BCUT2D eigenvalue weighted by atomic mass is 9.73. The third-order valence-electron chi connectivity index (χ3n) is 5.20. The average Bonchev–Trinajstić information content (AvgIpc) is 3.33. The molecule has 3 rings (SSSR count). The van der Waals surface area contributed by atoms with Gasteiger partial charge in [-0.15, -0.1) is 0 Å². The summed E-state index contributed by atoms with van der Waals surface area (Å²) in [4.78, 5) is 24.9. The number of aromatic nitrogens is 2. The second-order valence-electron chi connectivity index (χ2n) is 7.41. The zero-order valence-electron chi connectivity index (χ0n) is 14.6. The molecule has 2 heterocycles. The first-order valence-corrected chi connectivity index (χ1v) is 8.51. The van der Waals surface area contributed by atoms with Crippen molar-refractivity contribution in [3.05, 3.63) is 11.8 Å². The minimum Gasteiger partial charge on any atom is -0.481 e. The molecule has 0 bridgehead atoms. The number of aliphatic hydroxyl groups is 1. The highest BCUT2D eigenvalue weighted by atomic mass is 16.4. The molecule has 2 atom stereocenters. The predicted octanol–water partition coefficient (Wildman–Crippen LogP) is 1.29. The second-order valence-corrected chi connectivity index (χ2v) is 7.41. The number of aliphatic carboxylic acids is 1. The van der Waals surface area contributed by atoms with Crippen LogP contribution in [0.15, 0.2) is 6.20 Å². The molecule has 2 fully saturated rings. The van der Waals surface area contributed by atoms with Gasteiger partial charge in [0.15, 0.2) is 0 Å². The summed E-state index contributed by atoms with van der Waals surface area (Å²) < 4.78 is 0. The number of rotatable bonds is 5. The SMILES string of the molecule is Cc1cnc(N2CC[C@@H](O)[C@@](CC3CC3)(C(=O)O)C2)nc1N(C)C. The van der Waals surface area contributed by atoms with Crippen molar-refractivity contribution in [1.82, 2.24) is 9.97 Å². The van der Waals surface area contributed by atoms with Gasteiger partial charge in [-0.25, -0.2) is 4.98 Å². The molecule has 1 saturated heterocycles. The summed E-state index contributed by atoms with van der Waals surface area (Å²) in [6.07, 6.45) is 4.04. The first-order chi connectivity index (χ1) is 11.3. The van der Waals surface area contributed by atoms with Gasteiger partial charge in [-0.3, -0.25) is 4.79 Å². The van der Waals surface area contributed by atoms with E-state index < -0.39 is 17.5 Å². The lowest BCUT2D eigenvalue weighted by Gasteiger charge is -2.43. The van der Waals surface area contributed by atoms with E-state index >= 15 is 0 Å². The van der Waals surface area contributed by atoms with Crippen LogP contribution in [0.1, 0.15) is 31.2 Å². The van der Waals surface area contributed by atoms with Gasteiger partial charge in [-0.2, -0.15) is 4.98 Å². The minimum atomic E-state index is -1.12. The summed E-state index contributed by atoms with van der Waals surface area (Å²) in [5, 5.41) is 20.3. The number of anilines is 2. The number of carboxylic acid groups (broad SMARTS) is 1. The summed E-state index contributed by atoms with van der Waals surface area (Å²) in [6, 6.07) is 0. The summed E-state index contributed by atoms with van der Waals surface area (Å²) in [7, 11) is 3.85. The Balaban J connectivity index is 1.89. The number of aryl methyl sites for hydroxylation is 1. The molecular formula is C17H26N4O3. The van der Waals surface area contributed by atoms with Crippen molar-refractivity contribution in [2.24, 2.45) is 11.3 Å². The van der Waals surface area contributed by atoms with Crippen LogP contribution in [-0.2, 0) is 4.79 Å². The van der Waals surface area contributed by atoms with Crippen LogP contribution in [0.4, 0.5) is 11.8 Å². The molecule has 1 saturated carbocycles. The van der Waals surface area contributed by atoms with Gasteiger partial charge < -0.3 is 20.0 Å². The molecule has 1 aromatic heterocycles. The van der Waals surface area contributed by atoms with E-state index in [1.54, 1.807) is 6.20 Å². The number of nitrogens with zero attached hydrogens (tertiary/aromatic N) is 4. The van der Waals surface area contributed by atoms with Crippen LogP contribution in [0, 0.1) is 18.3 Å². The maximum absolute atomic E-state index is 12.0. The average molecular weight is 334 g/mol. The number of hydrogen-bond donors (Lipinski definition) is 2. The highest BCUT2D eigenvalue weighted by Gasteiger charge is 2.52. The fraction of sp³-hybridized carbons (Fsp3) is 0.706. The van der Waals surface area contributed by atoms with E-state index in [-0.39, 0.29) is 6.54 Å². The fourth-order valence-corrected chi connectivity index (χ4v) is 3.61. The van der Waals surface area contributed by atoms with Crippen LogP contribution in [-0.4, -0.2) is 59.4 Å². The quantitative estimate of drug-likeness (QED) is 0.838. The Morgan fingerprint density at radius 2 is 2.12 bits per heavy atom. The van der Waals surface area contributed by atoms with Crippen molar-refractivity contribution in [2.75, 3.05) is 37.0 Å². The molecule has 0 radical (unpaired) electrons. The Labute approximate surface area is 142 Å². The largest absolute Gasteiger partial charge is 0.481 e. The van der Waals surface area contributed by atoms with Crippen LogP contribution in [0.5, 0.6) is 0 Å². The van der Waals surface area contributed by atoms with E-state index in [1.807, 2.05) is 30.8 Å². The van der Waals surface area contributed by atoms with Gasteiger partial charge in [0.05, 0.1) is 6.10 Å². The van der Waals surface area contributed by atoms with Gasteiger partial charge >= 0.3 is 5.97 Å². The molecule has 1 aliphatic carbocycles. The molecule has 24 heavy (non-hydrogen) atoms. The number of carboxylic acids is 1. The monoisotopic (exact) mass is 334 g/mol. The molecule has 0 unspecified atom stereocenters. The van der Waals surface area contributed by atoms with Crippen LogP contribution in [0.3, 0.4) is 0 Å². The lowest BCUT2D eigenvalue weighted by Crippen LogP contribution is -2.56. The first kappa shape index (κ1) is 17.0. The van der Waals surface area contributed by atoms with E-state index in [1.165, 1.54) is 0 Å². The highest BCUT2D eigenvalue weighted by molar-refractivity contribution is 5.77. The lowest BCUT2D eigenvalue weighted by molar-refractivity contribution is -0.158. The maximum atomic E-state index is 12.0. The van der Waals surface area contributed by atoms with Gasteiger partial charge in [-0.05, 0) is 25.7 Å². The molecule has 132 valence electrons. The summed E-state index contributed by atoms with van der Waals surface area (Å²) in [5.74, 6) is 0.880. The molecular weight excluding hydrogens is 308 g/mol. The summed E-state index contributed by atoms with van der Waals surface area (Å²) in [5.41, 5.74) is -0.144. The van der Waals surface area contributed by atoms with Crippen LogP contribution >= 0.6 is 0 Å². The van der Waals surface area contributed by atoms with Gasteiger partial charge in [0.25, 0.3) is 0 Å². The van der Waals surface area contributed by atoms with Crippen LogP contribution in [0.2, 0.25) is 0 Å². The van der Waals surface area contributed by atoms with Gasteiger partial charge in [0.1, 0.15) is 11.2 Å². The third-order valence-corrected chi connectivity index (χ3v) is 5.20. The van der Waals surface area contributed by atoms with Crippen molar-refractivity contribution >= 4 is 17.7 Å². The van der Waals surface area contributed by atoms with Crippen LogP contribution < -0.4 is 9.80 Å². The molecule has 0 aromatic carbocycles. The molecule has 0 amide bonds. The van der Waals surface area contributed by atoms with Crippen LogP contribution in [0.25, 0.3) is 0 Å². The predicted molar refractivity (Wildman–Crippen MR) is 91.3 cm³/mol. The molecule has 7 heteroatoms. The molecule has 1 aromatic rings. The van der Waals surface area contributed by atoms with E-state index in [4.69, 9.17) is 0 Å². The Morgan fingerprint density at radius 1 is 1.42 bits per heavy atom. The van der Waals surface area contributed by atoms with Gasteiger partial charge in [-0.1, -0.05) is 12.8 Å². The molecule has 7 nitrogen and oxygen atoms in total. The Bertz CT molecular complexity index is 632. The van der Waals surface area contributed by atoms with Crippen molar-refractivity contribution < 1.29 is 15.0 Å². The van der Waals surface area contributed by atoms with E-state index in [2.05, 4.69) is 9.97 Å². The smallest absolute Gasteiger partial charge is 0.314 e. The number of hydrogen-bond acceptors (Lipinski definition) is 6. The molecule has 1 aliphatic heterocycles. The van der Waals surface area contributed by atoms with Crippen molar-refractivity contribution in [1.29, 1.82) is 0 Å². The first-order valence-electron chi connectivity index (χ1n) is 8.51. The fourth-order valence-electron chi connectivity index (χ4n) is 3.61.